The zero-order valence-electron chi connectivity index (χ0n) is 8.28. The van der Waals surface area contributed by atoms with Gasteiger partial charge < -0.3 is 0 Å². The number of aromatic nitrogens is 2. The van der Waals surface area contributed by atoms with E-state index in [1.165, 1.54) is 36.2 Å². The van der Waals surface area contributed by atoms with Gasteiger partial charge in [-0.3, -0.25) is 5.10 Å². The van der Waals surface area contributed by atoms with Crippen LogP contribution in [0.3, 0.4) is 0 Å². The van der Waals surface area contributed by atoms with Gasteiger partial charge in [-0.2, -0.15) is 5.10 Å². The number of H-pyrrole nitrogens is 1. The van der Waals surface area contributed by atoms with Gasteiger partial charge in [0.25, 0.3) is 0 Å². The number of nitrogens with zero attached hydrogens (tertiary/aromatic N) is 1. The Balaban J connectivity index is 2.72. The maximum atomic E-state index is 4.26. The van der Waals surface area contributed by atoms with Crippen molar-refractivity contribution in [2.24, 2.45) is 0 Å². The molecule has 0 fully saturated rings. The van der Waals surface area contributed by atoms with Gasteiger partial charge in [0, 0.05) is 5.69 Å². The highest BCUT2D eigenvalue weighted by Gasteiger charge is 2.06. The lowest BCUT2D eigenvalue weighted by molar-refractivity contribution is 0.783. The van der Waals surface area contributed by atoms with Crippen LogP contribution in [0.1, 0.15) is 43.6 Å². The van der Waals surface area contributed by atoms with Crippen molar-refractivity contribution in [2.75, 3.05) is 0 Å². The molecule has 0 radical (unpaired) electrons. The van der Waals surface area contributed by atoms with Crippen molar-refractivity contribution in [1.82, 2.24) is 10.2 Å². The Labute approximate surface area is 74.4 Å². The first-order valence-electron chi connectivity index (χ1n) is 4.82. The van der Waals surface area contributed by atoms with E-state index in [0.717, 1.165) is 6.42 Å². The Kier molecular flexibility index (Phi) is 3.32. The molecule has 0 aromatic carbocycles. The summed E-state index contributed by atoms with van der Waals surface area (Å²) in [5.74, 6) is 0. The third-order valence-electron chi connectivity index (χ3n) is 2.27. The van der Waals surface area contributed by atoms with Crippen molar-refractivity contribution in [3.05, 3.63) is 17.0 Å². The maximum absolute atomic E-state index is 4.26. The van der Waals surface area contributed by atoms with Crippen molar-refractivity contribution >= 4 is 0 Å². The van der Waals surface area contributed by atoms with Crippen LogP contribution in [-0.2, 0) is 12.8 Å². The fraction of sp³-hybridized carbons (Fsp3) is 0.700. The average Bonchev–Trinajstić information content (AvgIpc) is 2.43. The number of rotatable bonds is 4. The molecule has 12 heavy (non-hydrogen) atoms. The summed E-state index contributed by atoms with van der Waals surface area (Å²) in [7, 11) is 0. The summed E-state index contributed by atoms with van der Waals surface area (Å²) in [6.07, 6.45) is 4.76. The van der Waals surface area contributed by atoms with E-state index in [2.05, 4.69) is 31.0 Å². The highest BCUT2D eigenvalue weighted by Crippen LogP contribution is 2.13. The standard InChI is InChI=1S/C10H18N2/c1-4-6-7-9-8(3)11-12-10(9)5-2/h4-7H2,1-3H3,(H,11,12). The summed E-state index contributed by atoms with van der Waals surface area (Å²) in [4.78, 5) is 0. The molecule has 2 nitrogen and oxygen atoms in total. The third-order valence-corrected chi connectivity index (χ3v) is 2.27. The molecule has 1 aromatic rings. The SMILES string of the molecule is CCCCc1c(CC)n[nH]c1C. The van der Waals surface area contributed by atoms with Gasteiger partial charge in [0.2, 0.25) is 0 Å². The van der Waals surface area contributed by atoms with Crippen LogP contribution in [0.25, 0.3) is 0 Å². The van der Waals surface area contributed by atoms with Gasteiger partial charge in [0.05, 0.1) is 5.69 Å². The smallest absolute Gasteiger partial charge is 0.0654 e. The normalized spacial score (nSPS) is 10.6. The van der Waals surface area contributed by atoms with Crippen LogP contribution in [0.4, 0.5) is 0 Å². The molecule has 0 amide bonds. The van der Waals surface area contributed by atoms with Crippen molar-refractivity contribution in [2.45, 2.75) is 46.5 Å². The molecule has 0 atom stereocenters. The summed E-state index contributed by atoms with van der Waals surface area (Å²) in [5.41, 5.74) is 3.94. The minimum atomic E-state index is 1.05. The van der Waals surface area contributed by atoms with E-state index in [4.69, 9.17) is 0 Å². The second-order valence-corrected chi connectivity index (χ2v) is 3.23. The molecule has 0 aliphatic rings. The molecule has 0 spiro atoms. The molecule has 0 bridgehead atoms. The third kappa shape index (κ3) is 1.87. The summed E-state index contributed by atoms with van der Waals surface area (Å²) >= 11 is 0. The van der Waals surface area contributed by atoms with Crippen molar-refractivity contribution < 1.29 is 0 Å². The molecule has 1 rings (SSSR count). The van der Waals surface area contributed by atoms with Gasteiger partial charge in [0.15, 0.2) is 0 Å². The molecule has 1 N–H and O–H groups in total. The predicted octanol–water partition coefficient (Wildman–Crippen LogP) is 2.62. The lowest BCUT2D eigenvalue weighted by Gasteiger charge is -1.99. The van der Waals surface area contributed by atoms with Crippen LogP contribution in [0, 0.1) is 6.92 Å². The Morgan fingerprint density at radius 1 is 1.33 bits per heavy atom. The summed E-state index contributed by atoms with van der Waals surface area (Å²) in [5, 5.41) is 7.31. The first kappa shape index (κ1) is 9.30. The maximum Gasteiger partial charge on any atom is 0.0654 e. The summed E-state index contributed by atoms with van der Waals surface area (Å²) in [6, 6.07) is 0. The largest absolute Gasteiger partial charge is 0.282 e. The number of unbranched alkanes of at least 4 members (excludes halogenated alkanes) is 1. The molecule has 1 heterocycles. The van der Waals surface area contributed by atoms with E-state index in [9.17, 15) is 0 Å². The average molecular weight is 166 g/mol. The summed E-state index contributed by atoms with van der Waals surface area (Å²) < 4.78 is 0. The zero-order valence-corrected chi connectivity index (χ0v) is 8.28. The van der Waals surface area contributed by atoms with Crippen molar-refractivity contribution in [1.29, 1.82) is 0 Å². The van der Waals surface area contributed by atoms with E-state index >= 15 is 0 Å². The fourth-order valence-corrected chi connectivity index (χ4v) is 1.48. The first-order chi connectivity index (χ1) is 5.79. The van der Waals surface area contributed by atoms with E-state index in [1.807, 2.05) is 0 Å². The molecule has 68 valence electrons. The zero-order chi connectivity index (χ0) is 8.97. The van der Waals surface area contributed by atoms with Crippen molar-refractivity contribution in [3.8, 4) is 0 Å². The van der Waals surface area contributed by atoms with E-state index in [1.54, 1.807) is 0 Å². The number of hydrogen-bond donors (Lipinski definition) is 1. The molecule has 2 heteroatoms. The molecule has 0 saturated heterocycles. The Morgan fingerprint density at radius 2 is 2.08 bits per heavy atom. The lowest BCUT2D eigenvalue weighted by atomic mass is 10.1. The molecular formula is C10H18N2. The van der Waals surface area contributed by atoms with Crippen LogP contribution in [0.15, 0.2) is 0 Å². The Bertz CT molecular complexity index is 238. The van der Waals surface area contributed by atoms with Gasteiger partial charge in [-0.25, -0.2) is 0 Å². The predicted molar refractivity (Wildman–Crippen MR) is 51.3 cm³/mol. The highest BCUT2D eigenvalue weighted by molar-refractivity contribution is 5.24. The Morgan fingerprint density at radius 3 is 2.67 bits per heavy atom. The summed E-state index contributed by atoms with van der Waals surface area (Å²) in [6.45, 7) is 6.49. The lowest BCUT2D eigenvalue weighted by Crippen LogP contribution is -1.91. The van der Waals surface area contributed by atoms with Gasteiger partial charge in [0.1, 0.15) is 0 Å². The molecule has 0 saturated carbocycles. The second kappa shape index (κ2) is 4.29. The number of hydrogen-bond acceptors (Lipinski definition) is 1. The van der Waals surface area contributed by atoms with Crippen LogP contribution >= 0.6 is 0 Å². The Hall–Kier alpha value is -0.790. The van der Waals surface area contributed by atoms with Crippen LogP contribution in [-0.4, -0.2) is 10.2 Å². The number of aromatic amines is 1. The second-order valence-electron chi connectivity index (χ2n) is 3.23. The van der Waals surface area contributed by atoms with E-state index < -0.39 is 0 Å². The van der Waals surface area contributed by atoms with Crippen molar-refractivity contribution in [3.63, 3.8) is 0 Å². The van der Waals surface area contributed by atoms with Crippen LogP contribution < -0.4 is 0 Å². The monoisotopic (exact) mass is 166 g/mol. The minimum absolute atomic E-state index is 1.05. The number of nitrogens with one attached hydrogen (secondary N) is 1. The van der Waals surface area contributed by atoms with E-state index in [0.29, 0.717) is 0 Å². The minimum Gasteiger partial charge on any atom is -0.282 e. The molecule has 1 aromatic heterocycles. The van der Waals surface area contributed by atoms with Crippen LogP contribution in [0.5, 0.6) is 0 Å². The fourth-order valence-electron chi connectivity index (χ4n) is 1.48. The van der Waals surface area contributed by atoms with Gasteiger partial charge >= 0.3 is 0 Å². The molecular weight excluding hydrogens is 148 g/mol. The van der Waals surface area contributed by atoms with Gasteiger partial charge in [-0.15, -0.1) is 0 Å². The molecule has 0 aliphatic heterocycles. The van der Waals surface area contributed by atoms with Gasteiger partial charge in [-0.1, -0.05) is 20.3 Å². The molecule has 0 unspecified atom stereocenters. The topological polar surface area (TPSA) is 28.7 Å². The van der Waals surface area contributed by atoms with Gasteiger partial charge in [-0.05, 0) is 31.7 Å². The first-order valence-corrected chi connectivity index (χ1v) is 4.82. The highest BCUT2D eigenvalue weighted by atomic mass is 15.1. The molecule has 0 aliphatic carbocycles. The van der Waals surface area contributed by atoms with E-state index in [-0.39, 0.29) is 0 Å². The quantitative estimate of drug-likeness (QED) is 0.731. The van der Waals surface area contributed by atoms with Crippen LogP contribution in [0.2, 0.25) is 0 Å². The number of aryl methyl sites for hydroxylation is 2.